The summed E-state index contributed by atoms with van der Waals surface area (Å²) in [5, 5.41) is 8.95. The molecule has 1 atom stereocenters. The second-order valence-electron chi connectivity index (χ2n) is 5.63. The molecule has 7 nitrogen and oxygen atoms in total. The first-order chi connectivity index (χ1) is 12.1. The molecule has 1 unspecified atom stereocenters. The monoisotopic (exact) mass is 340 g/mol. The molecule has 1 aromatic carbocycles. The highest BCUT2D eigenvalue weighted by Crippen LogP contribution is 2.25. The number of ether oxygens (including phenoxy) is 2. The number of nitrogens with zero attached hydrogens (tertiary/aromatic N) is 4. The molecular formula is C18H20N4O3. The zero-order chi connectivity index (χ0) is 17.8. The number of benzene rings is 1. The van der Waals surface area contributed by atoms with E-state index in [0.717, 1.165) is 11.4 Å². The van der Waals surface area contributed by atoms with E-state index < -0.39 is 0 Å². The summed E-state index contributed by atoms with van der Waals surface area (Å²) in [4.78, 5) is 12.1. The first kappa shape index (κ1) is 16.9. The molecule has 0 aliphatic heterocycles. The maximum atomic E-state index is 12.1. The van der Waals surface area contributed by atoms with Crippen LogP contribution in [0.15, 0.2) is 53.3 Å². The van der Waals surface area contributed by atoms with Crippen LogP contribution >= 0.6 is 0 Å². The number of hydrogen-bond acceptors (Lipinski definition) is 5. The zero-order valence-corrected chi connectivity index (χ0v) is 14.4. The Morgan fingerprint density at radius 3 is 2.52 bits per heavy atom. The Balaban J connectivity index is 2.12. The van der Waals surface area contributed by atoms with Crippen LogP contribution in [0.2, 0.25) is 0 Å². The minimum absolute atomic E-state index is 0.174. The van der Waals surface area contributed by atoms with Gasteiger partial charge in [-0.15, -0.1) is 5.10 Å². The molecule has 0 fully saturated rings. The molecule has 0 saturated heterocycles. The smallest absolute Gasteiger partial charge is 0.267 e. The molecular weight excluding hydrogens is 320 g/mol. The molecule has 0 N–H and O–H groups in total. The summed E-state index contributed by atoms with van der Waals surface area (Å²) in [6.07, 6.45) is 0. The van der Waals surface area contributed by atoms with Crippen molar-refractivity contribution in [3.63, 3.8) is 0 Å². The van der Waals surface area contributed by atoms with Crippen LogP contribution < -0.4 is 10.3 Å². The number of methoxy groups -OCH3 is 2. The van der Waals surface area contributed by atoms with E-state index in [-0.39, 0.29) is 11.6 Å². The third kappa shape index (κ3) is 3.46. The van der Waals surface area contributed by atoms with Crippen LogP contribution in [0.4, 0.5) is 0 Å². The lowest BCUT2D eigenvalue weighted by atomic mass is 10.2. The standard InChI is InChI=1S/C18H20N4O3/c1-13(12-24-2)21-18(23)10-9-15(19-21)16-11-17(25-3)20-22(16)14-7-5-4-6-8-14/h4-11,13H,12H2,1-3H3. The maximum absolute atomic E-state index is 12.1. The number of aromatic nitrogens is 4. The number of rotatable bonds is 6. The Labute approximate surface area is 145 Å². The van der Waals surface area contributed by atoms with Crippen molar-refractivity contribution in [3.05, 3.63) is 58.9 Å². The van der Waals surface area contributed by atoms with Gasteiger partial charge in [0.05, 0.1) is 31.1 Å². The molecule has 7 heteroatoms. The first-order valence-electron chi connectivity index (χ1n) is 7.92. The van der Waals surface area contributed by atoms with Crippen LogP contribution in [0.3, 0.4) is 0 Å². The molecule has 2 aromatic heterocycles. The SMILES string of the molecule is COCC(C)n1nc(-c2cc(OC)nn2-c2ccccc2)ccc1=O. The van der Waals surface area contributed by atoms with E-state index in [4.69, 9.17) is 9.47 Å². The molecule has 0 amide bonds. The van der Waals surface area contributed by atoms with Gasteiger partial charge in [-0.25, -0.2) is 9.36 Å². The first-order valence-corrected chi connectivity index (χ1v) is 7.92. The predicted octanol–water partition coefficient (Wildman–Crippen LogP) is 2.31. The van der Waals surface area contributed by atoms with E-state index in [2.05, 4.69) is 10.2 Å². The second-order valence-corrected chi connectivity index (χ2v) is 5.63. The Hall–Kier alpha value is -2.93. The van der Waals surface area contributed by atoms with Gasteiger partial charge in [0.1, 0.15) is 5.69 Å². The van der Waals surface area contributed by atoms with Crippen LogP contribution in [-0.2, 0) is 4.74 Å². The Bertz CT molecular complexity index is 902. The van der Waals surface area contributed by atoms with Crippen LogP contribution in [0.25, 0.3) is 17.1 Å². The predicted molar refractivity (Wildman–Crippen MR) is 94.2 cm³/mol. The van der Waals surface area contributed by atoms with Gasteiger partial charge in [-0.05, 0) is 25.1 Å². The van der Waals surface area contributed by atoms with E-state index in [9.17, 15) is 4.79 Å². The minimum Gasteiger partial charge on any atom is -0.480 e. The summed E-state index contributed by atoms with van der Waals surface area (Å²) >= 11 is 0. The van der Waals surface area contributed by atoms with Gasteiger partial charge in [0.15, 0.2) is 0 Å². The Morgan fingerprint density at radius 1 is 1.08 bits per heavy atom. The maximum Gasteiger partial charge on any atom is 0.267 e. The van der Waals surface area contributed by atoms with Gasteiger partial charge in [-0.2, -0.15) is 5.10 Å². The lowest BCUT2D eigenvalue weighted by Gasteiger charge is -2.14. The molecule has 0 radical (unpaired) electrons. The summed E-state index contributed by atoms with van der Waals surface area (Å²) in [7, 11) is 3.16. The molecule has 0 aliphatic carbocycles. The van der Waals surface area contributed by atoms with Crippen molar-refractivity contribution >= 4 is 0 Å². The summed E-state index contributed by atoms with van der Waals surface area (Å²) in [6, 6.07) is 14.5. The minimum atomic E-state index is -0.175. The number of para-hydroxylation sites is 1. The third-order valence-electron chi connectivity index (χ3n) is 3.81. The van der Waals surface area contributed by atoms with Crippen LogP contribution in [0, 0.1) is 0 Å². The van der Waals surface area contributed by atoms with E-state index in [1.54, 1.807) is 31.0 Å². The molecule has 3 rings (SSSR count). The molecule has 3 aromatic rings. The summed E-state index contributed by atoms with van der Waals surface area (Å²) < 4.78 is 13.6. The van der Waals surface area contributed by atoms with Gasteiger partial charge >= 0.3 is 0 Å². The summed E-state index contributed by atoms with van der Waals surface area (Å²) in [5.74, 6) is 0.475. The molecule has 130 valence electrons. The van der Waals surface area contributed by atoms with Gasteiger partial charge in [-0.3, -0.25) is 4.79 Å². The van der Waals surface area contributed by atoms with E-state index >= 15 is 0 Å². The molecule has 0 spiro atoms. The van der Waals surface area contributed by atoms with Crippen LogP contribution in [-0.4, -0.2) is 40.4 Å². The van der Waals surface area contributed by atoms with E-state index in [1.807, 2.05) is 37.3 Å². The average molecular weight is 340 g/mol. The average Bonchev–Trinajstić information content (AvgIpc) is 3.07. The van der Waals surface area contributed by atoms with Crippen molar-refractivity contribution in [3.8, 4) is 23.0 Å². The largest absolute Gasteiger partial charge is 0.480 e. The quantitative estimate of drug-likeness (QED) is 0.689. The van der Waals surface area contributed by atoms with Crippen LogP contribution in [0.1, 0.15) is 13.0 Å². The molecule has 0 aliphatic rings. The van der Waals surface area contributed by atoms with Gasteiger partial charge < -0.3 is 9.47 Å². The third-order valence-corrected chi connectivity index (χ3v) is 3.81. The molecule has 0 saturated carbocycles. The van der Waals surface area contributed by atoms with E-state index in [1.165, 1.54) is 10.7 Å². The summed E-state index contributed by atoms with van der Waals surface area (Å²) in [5.41, 5.74) is 2.07. The second kappa shape index (κ2) is 7.31. The van der Waals surface area contributed by atoms with Crippen molar-refractivity contribution < 1.29 is 9.47 Å². The van der Waals surface area contributed by atoms with Crippen molar-refractivity contribution in [2.45, 2.75) is 13.0 Å². The van der Waals surface area contributed by atoms with E-state index in [0.29, 0.717) is 18.2 Å². The molecule has 2 heterocycles. The Kier molecular flexibility index (Phi) is 4.95. The highest BCUT2D eigenvalue weighted by Gasteiger charge is 2.16. The molecule has 25 heavy (non-hydrogen) atoms. The lowest BCUT2D eigenvalue weighted by Crippen LogP contribution is -2.28. The van der Waals surface area contributed by atoms with Crippen molar-refractivity contribution in [2.24, 2.45) is 0 Å². The van der Waals surface area contributed by atoms with Gasteiger partial charge in [-0.1, -0.05) is 18.2 Å². The molecule has 0 bridgehead atoms. The van der Waals surface area contributed by atoms with Crippen molar-refractivity contribution in [2.75, 3.05) is 20.8 Å². The fourth-order valence-electron chi connectivity index (χ4n) is 2.60. The van der Waals surface area contributed by atoms with Gasteiger partial charge in [0.2, 0.25) is 5.88 Å². The lowest BCUT2D eigenvalue weighted by molar-refractivity contribution is 0.154. The zero-order valence-electron chi connectivity index (χ0n) is 14.4. The topological polar surface area (TPSA) is 71.2 Å². The Morgan fingerprint density at radius 2 is 1.84 bits per heavy atom. The van der Waals surface area contributed by atoms with Gasteiger partial charge in [0, 0.05) is 19.2 Å². The fourth-order valence-corrected chi connectivity index (χ4v) is 2.60. The van der Waals surface area contributed by atoms with Crippen molar-refractivity contribution in [1.29, 1.82) is 0 Å². The highest BCUT2D eigenvalue weighted by molar-refractivity contribution is 5.59. The van der Waals surface area contributed by atoms with Crippen molar-refractivity contribution in [1.82, 2.24) is 19.6 Å². The fraction of sp³-hybridized carbons (Fsp3) is 0.278. The van der Waals surface area contributed by atoms with Gasteiger partial charge in [0.25, 0.3) is 5.56 Å². The highest BCUT2D eigenvalue weighted by atomic mass is 16.5. The van der Waals surface area contributed by atoms with Crippen LogP contribution in [0.5, 0.6) is 5.88 Å². The number of hydrogen-bond donors (Lipinski definition) is 0. The normalized spacial score (nSPS) is 12.1. The summed E-state index contributed by atoms with van der Waals surface area (Å²) in [6.45, 7) is 2.29.